The highest BCUT2D eigenvalue weighted by Gasteiger charge is 2.15. The number of ether oxygens (including phenoxy) is 4. The van der Waals surface area contributed by atoms with Crippen molar-refractivity contribution in [2.75, 3.05) is 33.3 Å². The molecule has 0 aliphatic rings. The highest BCUT2D eigenvalue weighted by molar-refractivity contribution is 5.90. The van der Waals surface area contributed by atoms with Crippen molar-refractivity contribution in [3.05, 3.63) is 42.2 Å². The van der Waals surface area contributed by atoms with Crippen molar-refractivity contribution in [1.29, 1.82) is 0 Å². The van der Waals surface area contributed by atoms with Gasteiger partial charge in [-0.2, -0.15) is 4.68 Å². The van der Waals surface area contributed by atoms with Crippen LogP contribution in [0.5, 0.6) is 23.0 Å². The summed E-state index contributed by atoms with van der Waals surface area (Å²) >= 11 is 0. The third-order valence-electron chi connectivity index (χ3n) is 4.26. The number of benzene rings is 2. The van der Waals surface area contributed by atoms with Gasteiger partial charge in [-0.05, 0) is 41.6 Å². The number of carbonyl (C=O) groups is 1. The molecule has 0 bridgehead atoms. The highest BCUT2D eigenvalue weighted by Crippen LogP contribution is 2.39. The summed E-state index contributed by atoms with van der Waals surface area (Å²) in [5.41, 5.74) is 1.22. The normalized spacial score (nSPS) is 10.3. The van der Waals surface area contributed by atoms with E-state index in [0.29, 0.717) is 35.4 Å². The second-order valence-corrected chi connectivity index (χ2v) is 6.16. The van der Waals surface area contributed by atoms with E-state index < -0.39 is 6.03 Å². The fraction of sp³-hybridized carbons (Fsp3) is 0.300. The van der Waals surface area contributed by atoms with Gasteiger partial charge in [0.1, 0.15) is 5.75 Å². The highest BCUT2D eigenvalue weighted by atomic mass is 16.5. The van der Waals surface area contributed by atoms with Gasteiger partial charge in [0.05, 0.1) is 45.9 Å². The van der Waals surface area contributed by atoms with Crippen LogP contribution in [0.3, 0.4) is 0 Å². The Morgan fingerprint density at radius 2 is 1.71 bits per heavy atom. The van der Waals surface area contributed by atoms with Crippen LogP contribution in [0.2, 0.25) is 0 Å². The number of aromatic nitrogens is 4. The van der Waals surface area contributed by atoms with Crippen LogP contribution in [0.1, 0.15) is 12.7 Å². The Balaban J connectivity index is 1.66. The van der Waals surface area contributed by atoms with Gasteiger partial charge in [0.15, 0.2) is 17.3 Å². The SMILES string of the molecule is CCOc1ccc(-n2nnnc2CNC(=O)Nc2cc(OC)c(OC)c(OC)c2)cc1. The van der Waals surface area contributed by atoms with Crippen LogP contribution in [0, 0.1) is 0 Å². The van der Waals surface area contributed by atoms with Gasteiger partial charge in [0.25, 0.3) is 0 Å². The smallest absolute Gasteiger partial charge is 0.319 e. The van der Waals surface area contributed by atoms with E-state index in [1.165, 1.54) is 26.0 Å². The third-order valence-corrected chi connectivity index (χ3v) is 4.26. The number of nitrogens with zero attached hydrogens (tertiary/aromatic N) is 4. The fourth-order valence-electron chi connectivity index (χ4n) is 2.85. The lowest BCUT2D eigenvalue weighted by atomic mass is 10.2. The fourth-order valence-corrected chi connectivity index (χ4v) is 2.85. The molecule has 0 atom stereocenters. The van der Waals surface area contributed by atoms with Crippen molar-refractivity contribution in [3.8, 4) is 28.7 Å². The molecule has 0 unspecified atom stereocenters. The zero-order valence-electron chi connectivity index (χ0n) is 17.7. The van der Waals surface area contributed by atoms with E-state index in [2.05, 4.69) is 26.2 Å². The van der Waals surface area contributed by atoms with Crippen molar-refractivity contribution in [1.82, 2.24) is 25.5 Å². The molecule has 0 radical (unpaired) electrons. The average Bonchev–Trinajstić information content (AvgIpc) is 3.26. The van der Waals surface area contributed by atoms with Gasteiger partial charge in [0, 0.05) is 12.1 Å². The topological polar surface area (TPSA) is 122 Å². The summed E-state index contributed by atoms with van der Waals surface area (Å²) in [5.74, 6) is 2.51. The molecular formula is C20H24N6O5. The maximum Gasteiger partial charge on any atom is 0.319 e. The second kappa shape index (κ2) is 10.1. The first kappa shape index (κ1) is 21.7. The molecule has 0 aliphatic heterocycles. The van der Waals surface area contributed by atoms with Gasteiger partial charge in [-0.1, -0.05) is 0 Å². The van der Waals surface area contributed by atoms with E-state index in [1.54, 1.807) is 12.1 Å². The monoisotopic (exact) mass is 428 g/mol. The van der Waals surface area contributed by atoms with E-state index in [4.69, 9.17) is 18.9 Å². The Hall–Kier alpha value is -4.02. The lowest BCUT2D eigenvalue weighted by Gasteiger charge is -2.15. The van der Waals surface area contributed by atoms with E-state index >= 15 is 0 Å². The summed E-state index contributed by atoms with van der Waals surface area (Å²) in [6.07, 6.45) is 0. The number of amides is 2. The molecule has 31 heavy (non-hydrogen) atoms. The summed E-state index contributed by atoms with van der Waals surface area (Å²) in [5, 5.41) is 17.1. The Kier molecular flexibility index (Phi) is 7.09. The molecule has 11 heteroatoms. The van der Waals surface area contributed by atoms with E-state index in [-0.39, 0.29) is 6.54 Å². The summed E-state index contributed by atoms with van der Waals surface area (Å²) in [4.78, 5) is 12.4. The van der Waals surface area contributed by atoms with Gasteiger partial charge in [-0.25, -0.2) is 4.79 Å². The third kappa shape index (κ3) is 5.13. The minimum absolute atomic E-state index is 0.108. The second-order valence-electron chi connectivity index (χ2n) is 6.16. The maximum absolute atomic E-state index is 12.4. The Labute approximate surface area is 179 Å². The lowest BCUT2D eigenvalue weighted by Crippen LogP contribution is -2.29. The van der Waals surface area contributed by atoms with Crippen molar-refractivity contribution in [2.45, 2.75) is 13.5 Å². The van der Waals surface area contributed by atoms with Crippen LogP contribution >= 0.6 is 0 Å². The molecule has 2 N–H and O–H groups in total. The van der Waals surface area contributed by atoms with Crippen molar-refractivity contribution >= 4 is 11.7 Å². The van der Waals surface area contributed by atoms with Gasteiger partial charge < -0.3 is 29.6 Å². The minimum atomic E-state index is -0.449. The van der Waals surface area contributed by atoms with Crippen LogP contribution < -0.4 is 29.6 Å². The van der Waals surface area contributed by atoms with E-state index in [1.807, 2.05) is 31.2 Å². The van der Waals surface area contributed by atoms with Crippen LogP contribution in [-0.2, 0) is 6.54 Å². The predicted molar refractivity (Wildman–Crippen MR) is 112 cm³/mol. The Morgan fingerprint density at radius 1 is 1.03 bits per heavy atom. The standard InChI is InChI=1S/C20H24N6O5/c1-5-31-15-8-6-14(7-9-15)26-18(23-24-25-26)12-21-20(27)22-13-10-16(28-2)19(30-4)17(11-13)29-3/h6-11H,5,12H2,1-4H3,(H2,21,22,27). The number of nitrogens with one attached hydrogen (secondary N) is 2. The molecule has 2 amide bonds. The maximum atomic E-state index is 12.4. The largest absolute Gasteiger partial charge is 0.494 e. The number of tetrazole rings is 1. The predicted octanol–water partition coefficient (Wildman–Crippen LogP) is 2.41. The van der Waals surface area contributed by atoms with Crippen LogP contribution in [0.25, 0.3) is 5.69 Å². The van der Waals surface area contributed by atoms with Crippen LogP contribution in [-0.4, -0.2) is 54.2 Å². The molecule has 164 valence electrons. The first-order valence-corrected chi connectivity index (χ1v) is 9.45. The zero-order chi connectivity index (χ0) is 22.2. The number of urea groups is 1. The van der Waals surface area contributed by atoms with Crippen molar-refractivity contribution in [2.24, 2.45) is 0 Å². The first-order valence-electron chi connectivity index (χ1n) is 9.45. The number of carbonyl (C=O) groups excluding carboxylic acids is 1. The molecule has 1 aromatic heterocycles. The summed E-state index contributed by atoms with van der Waals surface area (Å²) < 4.78 is 22.8. The number of rotatable bonds is 9. The van der Waals surface area contributed by atoms with Crippen molar-refractivity contribution in [3.63, 3.8) is 0 Å². The molecular weight excluding hydrogens is 404 g/mol. The number of hydrogen-bond acceptors (Lipinski definition) is 8. The molecule has 0 spiro atoms. The molecule has 0 saturated heterocycles. The number of hydrogen-bond donors (Lipinski definition) is 2. The van der Waals surface area contributed by atoms with Crippen molar-refractivity contribution < 1.29 is 23.7 Å². The summed E-state index contributed by atoms with van der Waals surface area (Å²) in [6.45, 7) is 2.61. The quantitative estimate of drug-likeness (QED) is 0.533. The van der Waals surface area contributed by atoms with Crippen LogP contribution in [0.15, 0.2) is 36.4 Å². The van der Waals surface area contributed by atoms with Crippen LogP contribution in [0.4, 0.5) is 10.5 Å². The van der Waals surface area contributed by atoms with Gasteiger partial charge in [0.2, 0.25) is 5.75 Å². The van der Waals surface area contributed by atoms with E-state index in [0.717, 1.165) is 11.4 Å². The molecule has 3 aromatic rings. The van der Waals surface area contributed by atoms with Gasteiger partial charge in [-0.3, -0.25) is 0 Å². The number of methoxy groups -OCH3 is 3. The van der Waals surface area contributed by atoms with Gasteiger partial charge >= 0.3 is 6.03 Å². The first-order chi connectivity index (χ1) is 15.1. The molecule has 0 aliphatic carbocycles. The molecule has 0 fully saturated rings. The summed E-state index contributed by atoms with van der Waals surface area (Å²) in [6, 6.07) is 10.1. The average molecular weight is 428 g/mol. The molecule has 1 heterocycles. The van der Waals surface area contributed by atoms with E-state index in [9.17, 15) is 4.79 Å². The van der Waals surface area contributed by atoms with Gasteiger partial charge in [-0.15, -0.1) is 5.10 Å². The number of anilines is 1. The molecule has 3 rings (SSSR count). The Bertz CT molecular complexity index is 996. The Morgan fingerprint density at radius 3 is 2.29 bits per heavy atom. The lowest BCUT2D eigenvalue weighted by molar-refractivity contribution is 0.251. The molecule has 11 nitrogen and oxygen atoms in total. The molecule has 0 saturated carbocycles. The molecule has 2 aromatic carbocycles. The summed E-state index contributed by atoms with van der Waals surface area (Å²) in [7, 11) is 4.51. The minimum Gasteiger partial charge on any atom is -0.494 e. The zero-order valence-corrected chi connectivity index (χ0v) is 17.7.